The highest BCUT2D eigenvalue weighted by Gasteiger charge is 2.34. The second-order valence-corrected chi connectivity index (χ2v) is 7.18. The first-order valence-corrected chi connectivity index (χ1v) is 8.29. The lowest BCUT2D eigenvalue weighted by atomic mass is 10.1. The van der Waals surface area contributed by atoms with Gasteiger partial charge in [0.15, 0.2) is 4.90 Å². The van der Waals surface area contributed by atoms with Crippen LogP contribution in [-0.2, 0) is 10.0 Å². The zero-order valence-electron chi connectivity index (χ0n) is 11.5. The number of rotatable bonds is 4. The van der Waals surface area contributed by atoms with E-state index < -0.39 is 20.6 Å². The number of halogens is 1. The van der Waals surface area contributed by atoms with Crippen molar-refractivity contribution in [3.05, 3.63) is 33.3 Å². The van der Waals surface area contributed by atoms with Crippen LogP contribution >= 0.6 is 11.6 Å². The van der Waals surface area contributed by atoms with Gasteiger partial charge in [0.05, 0.1) is 4.92 Å². The van der Waals surface area contributed by atoms with Crippen molar-refractivity contribution in [1.29, 1.82) is 0 Å². The average molecular weight is 334 g/mol. The molecule has 1 aromatic rings. The Bertz CT molecular complexity index is 642. The number of hydrogen-bond donors (Lipinski definition) is 1. The van der Waals surface area contributed by atoms with E-state index in [1.54, 1.807) is 0 Å². The fraction of sp³-hybridized carbons (Fsp3) is 0.500. The Morgan fingerprint density at radius 1 is 1.38 bits per heavy atom. The van der Waals surface area contributed by atoms with E-state index in [0.717, 1.165) is 12.1 Å². The maximum atomic E-state index is 12.6. The first-order valence-electron chi connectivity index (χ1n) is 6.47. The molecule has 0 radical (unpaired) electrons. The average Bonchev–Trinajstić information content (AvgIpc) is 2.47. The van der Waals surface area contributed by atoms with Crippen LogP contribution < -0.4 is 5.32 Å². The Hall–Kier alpha value is -1.22. The first-order chi connectivity index (χ1) is 9.86. The predicted octanol–water partition coefficient (Wildman–Crippen LogP) is 1.62. The molecule has 9 heteroatoms. The zero-order valence-corrected chi connectivity index (χ0v) is 13.0. The Morgan fingerprint density at radius 2 is 2.00 bits per heavy atom. The van der Waals surface area contributed by atoms with Crippen molar-refractivity contribution < 1.29 is 13.3 Å². The Balaban J connectivity index is 2.36. The van der Waals surface area contributed by atoms with Crippen LogP contribution in [0.4, 0.5) is 5.69 Å². The highest BCUT2D eigenvalue weighted by atomic mass is 35.5. The summed E-state index contributed by atoms with van der Waals surface area (Å²) in [4.78, 5) is 9.98. The summed E-state index contributed by atoms with van der Waals surface area (Å²) >= 11 is 5.80. The van der Waals surface area contributed by atoms with Crippen LogP contribution in [0.2, 0.25) is 5.02 Å². The Morgan fingerprint density at radius 3 is 2.52 bits per heavy atom. The highest BCUT2D eigenvalue weighted by Crippen LogP contribution is 2.30. The number of nitro groups is 1. The minimum Gasteiger partial charge on any atom is -0.317 e. The Labute approximate surface area is 128 Å². The van der Waals surface area contributed by atoms with Crippen LogP contribution in [0.15, 0.2) is 23.1 Å². The molecular formula is C12H16ClN3O4S. The SMILES string of the molecule is CNC1CCN(S(=O)(=O)c2cc(Cl)ccc2[N+](=O)[O-])CC1. The molecule has 21 heavy (non-hydrogen) atoms. The summed E-state index contributed by atoms with van der Waals surface area (Å²) in [5.41, 5.74) is -0.449. The fourth-order valence-corrected chi connectivity index (χ4v) is 4.26. The quantitative estimate of drug-likeness (QED) is 0.667. The van der Waals surface area contributed by atoms with Gasteiger partial charge in [0.25, 0.3) is 5.69 Å². The number of nitrogens with zero attached hydrogens (tertiary/aromatic N) is 2. The van der Waals surface area contributed by atoms with Crippen LogP contribution in [0.1, 0.15) is 12.8 Å². The molecule has 0 bridgehead atoms. The summed E-state index contributed by atoms with van der Waals surface area (Å²) in [6.45, 7) is 0.662. The van der Waals surface area contributed by atoms with Gasteiger partial charge in [-0.1, -0.05) is 11.6 Å². The lowest BCUT2D eigenvalue weighted by molar-refractivity contribution is -0.387. The molecule has 0 aromatic heterocycles. The van der Waals surface area contributed by atoms with Crippen molar-refractivity contribution in [1.82, 2.24) is 9.62 Å². The minimum atomic E-state index is -3.91. The van der Waals surface area contributed by atoms with Crippen LogP contribution in [0.25, 0.3) is 0 Å². The van der Waals surface area contributed by atoms with E-state index in [-0.39, 0.29) is 16.0 Å². The number of piperidine rings is 1. The lowest BCUT2D eigenvalue weighted by Crippen LogP contribution is -2.43. The zero-order chi connectivity index (χ0) is 15.6. The van der Waals surface area contributed by atoms with Gasteiger partial charge in [-0.15, -0.1) is 0 Å². The van der Waals surface area contributed by atoms with Crippen LogP contribution in [0.5, 0.6) is 0 Å². The van der Waals surface area contributed by atoms with Gasteiger partial charge in [-0.05, 0) is 32.0 Å². The van der Waals surface area contributed by atoms with Gasteiger partial charge in [0.2, 0.25) is 10.0 Å². The van der Waals surface area contributed by atoms with Gasteiger partial charge in [-0.25, -0.2) is 8.42 Å². The van der Waals surface area contributed by atoms with Gasteiger partial charge in [-0.3, -0.25) is 10.1 Å². The maximum absolute atomic E-state index is 12.6. The van der Waals surface area contributed by atoms with E-state index in [1.807, 2.05) is 7.05 Å². The van der Waals surface area contributed by atoms with E-state index >= 15 is 0 Å². The number of sulfonamides is 1. The van der Waals surface area contributed by atoms with Crippen molar-refractivity contribution >= 4 is 27.3 Å². The molecule has 0 saturated carbocycles. The lowest BCUT2D eigenvalue weighted by Gasteiger charge is -2.30. The first kappa shape index (κ1) is 16.2. The van der Waals surface area contributed by atoms with Crippen molar-refractivity contribution in [3.63, 3.8) is 0 Å². The number of benzene rings is 1. The third-order valence-corrected chi connectivity index (χ3v) is 5.76. The molecule has 0 atom stereocenters. The molecule has 1 fully saturated rings. The highest BCUT2D eigenvalue weighted by molar-refractivity contribution is 7.89. The van der Waals surface area contributed by atoms with Gasteiger partial charge in [0, 0.05) is 30.2 Å². The minimum absolute atomic E-state index is 0.157. The van der Waals surface area contributed by atoms with Gasteiger partial charge < -0.3 is 5.32 Å². The largest absolute Gasteiger partial charge is 0.317 e. The molecule has 0 unspecified atom stereocenters. The predicted molar refractivity (Wildman–Crippen MR) is 78.9 cm³/mol. The number of nitrogens with one attached hydrogen (secondary N) is 1. The second kappa shape index (κ2) is 6.27. The second-order valence-electron chi connectivity index (χ2n) is 4.84. The molecule has 1 heterocycles. The third-order valence-electron chi connectivity index (χ3n) is 3.60. The van der Waals surface area contributed by atoms with Crippen LogP contribution in [-0.4, -0.2) is 43.8 Å². The van der Waals surface area contributed by atoms with E-state index in [0.29, 0.717) is 25.9 Å². The molecule has 7 nitrogen and oxygen atoms in total. The van der Waals surface area contributed by atoms with Crippen molar-refractivity contribution in [2.45, 2.75) is 23.8 Å². The summed E-state index contributed by atoms with van der Waals surface area (Å²) in [7, 11) is -2.08. The molecule has 1 aliphatic rings. The molecular weight excluding hydrogens is 318 g/mol. The summed E-state index contributed by atoms with van der Waals surface area (Å²) in [6.07, 6.45) is 1.34. The molecule has 0 amide bonds. The van der Waals surface area contributed by atoms with E-state index in [2.05, 4.69) is 5.32 Å². The number of nitro benzene ring substituents is 1. The topological polar surface area (TPSA) is 92.6 Å². The van der Waals surface area contributed by atoms with Crippen molar-refractivity contribution in [3.8, 4) is 0 Å². The van der Waals surface area contributed by atoms with Crippen LogP contribution in [0, 0.1) is 10.1 Å². The molecule has 1 aromatic carbocycles. The summed E-state index contributed by atoms with van der Waals surface area (Å²) in [6, 6.07) is 3.84. The van der Waals surface area contributed by atoms with Gasteiger partial charge >= 0.3 is 0 Å². The molecule has 2 rings (SSSR count). The standard InChI is InChI=1S/C12H16ClN3O4S/c1-14-10-4-6-15(7-5-10)21(19,20)12-8-9(13)2-3-11(12)16(17)18/h2-3,8,10,14H,4-7H2,1H3. The molecule has 0 aliphatic carbocycles. The molecule has 116 valence electrons. The molecule has 1 N–H and O–H groups in total. The number of hydrogen-bond acceptors (Lipinski definition) is 5. The van der Waals surface area contributed by atoms with Gasteiger partial charge in [0.1, 0.15) is 0 Å². The normalized spacial score (nSPS) is 17.8. The smallest absolute Gasteiger partial charge is 0.289 e. The maximum Gasteiger partial charge on any atom is 0.289 e. The molecule has 0 spiro atoms. The fourth-order valence-electron chi connectivity index (χ4n) is 2.37. The van der Waals surface area contributed by atoms with E-state index in [1.165, 1.54) is 10.4 Å². The third kappa shape index (κ3) is 3.34. The molecule has 1 aliphatic heterocycles. The molecule has 1 saturated heterocycles. The van der Waals surface area contributed by atoms with Crippen molar-refractivity contribution in [2.24, 2.45) is 0 Å². The van der Waals surface area contributed by atoms with E-state index in [9.17, 15) is 18.5 Å². The summed E-state index contributed by atoms with van der Waals surface area (Å²) < 4.78 is 26.5. The summed E-state index contributed by atoms with van der Waals surface area (Å²) in [5.74, 6) is 0. The van der Waals surface area contributed by atoms with Crippen LogP contribution in [0.3, 0.4) is 0 Å². The van der Waals surface area contributed by atoms with E-state index in [4.69, 9.17) is 11.6 Å². The van der Waals surface area contributed by atoms with Gasteiger partial charge in [-0.2, -0.15) is 4.31 Å². The summed E-state index contributed by atoms with van der Waals surface area (Å²) in [5, 5.41) is 14.3. The van der Waals surface area contributed by atoms with Crippen molar-refractivity contribution in [2.75, 3.05) is 20.1 Å². The monoisotopic (exact) mass is 333 g/mol. The Kier molecular flexibility index (Phi) is 4.82.